The molecular weight excluding hydrogens is 294 g/mol. The van der Waals surface area contributed by atoms with Crippen LogP contribution in [-0.2, 0) is 4.79 Å². The first-order valence-electron chi connectivity index (χ1n) is 9.03. The number of rotatable bonds is 6. The zero-order chi connectivity index (χ0) is 16.7. The van der Waals surface area contributed by atoms with Crippen molar-refractivity contribution in [3.63, 3.8) is 0 Å². The Morgan fingerprint density at radius 3 is 2.61 bits per heavy atom. The number of likely N-dealkylation sites (tertiary alicyclic amines) is 1. The summed E-state index contributed by atoms with van der Waals surface area (Å²) in [6.07, 6.45) is 9.03. The van der Waals surface area contributed by atoms with Crippen molar-refractivity contribution < 1.29 is 14.7 Å². The molecule has 0 radical (unpaired) electrons. The van der Waals surface area contributed by atoms with Gasteiger partial charge in [-0.15, -0.1) is 0 Å². The van der Waals surface area contributed by atoms with E-state index in [1.165, 1.54) is 32.1 Å². The van der Waals surface area contributed by atoms with Crippen molar-refractivity contribution in [1.82, 2.24) is 15.1 Å². The van der Waals surface area contributed by atoms with Crippen molar-refractivity contribution in [2.75, 3.05) is 33.2 Å². The molecule has 23 heavy (non-hydrogen) atoms. The summed E-state index contributed by atoms with van der Waals surface area (Å²) in [6.45, 7) is 2.66. The van der Waals surface area contributed by atoms with Crippen LogP contribution >= 0.6 is 0 Å². The highest BCUT2D eigenvalue weighted by atomic mass is 16.4. The zero-order valence-electron chi connectivity index (χ0n) is 14.3. The SMILES string of the molecule is CN(CCCNC(=O)N1CCCC(C(=O)O)C1)C1CCCCC1. The maximum atomic E-state index is 12.1. The van der Waals surface area contributed by atoms with E-state index in [0.717, 1.165) is 19.4 Å². The summed E-state index contributed by atoms with van der Waals surface area (Å²) in [5.41, 5.74) is 0. The van der Waals surface area contributed by atoms with Gasteiger partial charge in [-0.1, -0.05) is 19.3 Å². The van der Waals surface area contributed by atoms with Crippen molar-refractivity contribution in [3.05, 3.63) is 0 Å². The number of piperidine rings is 1. The standard InChI is InChI=1S/C17H31N3O3/c1-19(15-8-3-2-4-9-15)11-6-10-18-17(23)20-12-5-7-14(13-20)16(21)22/h14-15H,2-13H2,1H3,(H,18,23)(H,21,22). The van der Waals surface area contributed by atoms with Crippen LogP contribution in [0.2, 0.25) is 0 Å². The van der Waals surface area contributed by atoms with Crippen LogP contribution in [0.25, 0.3) is 0 Å². The maximum absolute atomic E-state index is 12.1. The van der Waals surface area contributed by atoms with Gasteiger partial charge in [-0.05, 0) is 45.7 Å². The monoisotopic (exact) mass is 325 g/mol. The first kappa shape index (κ1) is 18.0. The van der Waals surface area contributed by atoms with E-state index in [2.05, 4.69) is 17.3 Å². The van der Waals surface area contributed by atoms with E-state index < -0.39 is 11.9 Å². The summed E-state index contributed by atoms with van der Waals surface area (Å²) in [6, 6.07) is 0.592. The number of urea groups is 1. The number of carbonyl (C=O) groups is 2. The molecule has 1 saturated heterocycles. The zero-order valence-corrected chi connectivity index (χ0v) is 14.3. The highest BCUT2D eigenvalue weighted by Gasteiger charge is 2.27. The van der Waals surface area contributed by atoms with Crippen LogP contribution in [0.1, 0.15) is 51.4 Å². The molecular formula is C17H31N3O3. The third kappa shape index (κ3) is 5.68. The lowest BCUT2D eigenvalue weighted by atomic mass is 9.94. The van der Waals surface area contributed by atoms with Gasteiger partial charge in [-0.25, -0.2) is 4.79 Å². The normalized spacial score (nSPS) is 23.0. The Kier molecular flexibility index (Phi) is 7.15. The van der Waals surface area contributed by atoms with Crippen LogP contribution in [0, 0.1) is 5.92 Å². The van der Waals surface area contributed by atoms with E-state index >= 15 is 0 Å². The molecule has 2 N–H and O–H groups in total. The fraction of sp³-hybridized carbons (Fsp3) is 0.882. The van der Waals surface area contributed by atoms with Gasteiger partial charge in [0.05, 0.1) is 5.92 Å². The van der Waals surface area contributed by atoms with Gasteiger partial charge in [0.2, 0.25) is 0 Å². The smallest absolute Gasteiger partial charge is 0.317 e. The molecule has 132 valence electrons. The summed E-state index contributed by atoms with van der Waals surface area (Å²) in [7, 11) is 2.18. The van der Waals surface area contributed by atoms with E-state index in [0.29, 0.717) is 32.1 Å². The number of carbonyl (C=O) groups excluding carboxylic acids is 1. The van der Waals surface area contributed by atoms with Gasteiger partial charge in [-0.3, -0.25) is 4.79 Å². The van der Waals surface area contributed by atoms with Crippen LogP contribution in [0.3, 0.4) is 0 Å². The Bertz CT molecular complexity index is 397. The van der Waals surface area contributed by atoms with Crippen LogP contribution in [-0.4, -0.2) is 66.2 Å². The second-order valence-corrected chi connectivity index (χ2v) is 6.98. The first-order chi connectivity index (χ1) is 11.1. The molecule has 1 unspecified atom stereocenters. The molecule has 1 atom stereocenters. The molecule has 0 aromatic carbocycles. The van der Waals surface area contributed by atoms with Crippen molar-refractivity contribution in [1.29, 1.82) is 0 Å². The fourth-order valence-electron chi connectivity index (χ4n) is 3.70. The van der Waals surface area contributed by atoms with Gasteiger partial charge in [0.25, 0.3) is 0 Å². The summed E-state index contributed by atoms with van der Waals surface area (Å²) < 4.78 is 0. The van der Waals surface area contributed by atoms with Crippen molar-refractivity contribution >= 4 is 12.0 Å². The number of carboxylic acid groups (broad SMARTS) is 1. The molecule has 1 heterocycles. The third-order valence-corrected chi connectivity index (χ3v) is 5.22. The maximum Gasteiger partial charge on any atom is 0.317 e. The number of nitrogens with one attached hydrogen (secondary N) is 1. The number of amides is 2. The average Bonchev–Trinajstić information content (AvgIpc) is 2.59. The van der Waals surface area contributed by atoms with Crippen LogP contribution in [0.5, 0.6) is 0 Å². The van der Waals surface area contributed by atoms with Crippen LogP contribution in [0.15, 0.2) is 0 Å². The van der Waals surface area contributed by atoms with Gasteiger partial charge in [-0.2, -0.15) is 0 Å². The Morgan fingerprint density at radius 2 is 1.91 bits per heavy atom. The van der Waals surface area contributed by atoms with Crippen molar-refractivity contribution in [2.24, 2.45) is 5.92 Å². The lowest BCUT2D eigenvalue weighted by molar-refractivity contribution is -0.143. The topological polar surface area (TPSA) is 72.9 Å². The molecule has 0 aromatic heterocycles. The minimum atomic E-state index is -0.795. The predicted octanol–water partition coefficient (Wildman–Crippen LogP) is 2.15. The number of carboxylic acids is 1. The molecule has 0 bridgehead atoms. The van der Waals surface area contributed by atoms with E-state index in [4.69, 9.17) is 5.11 Å². The summed E-state index contributed by atoms with van der Waals surface area (Å²) in [5.74, 6) is -1.21. The minimum absolute atomic E-state index is 0.115. The van der Waals surface area contributed by atoms with Gasteiger partial charge in [0, 0.05) is 25.7 Å². The van der Waals surface area contributed by atoms with Crippen molar-refractivity contribution in [2.45, 2.75) is 57.4 Å². The Morgan fingerprint density at radius 1 is 1.17 bits per heavy atom. The fourth-order valence-corrected chi connectivity index (χ4v) is 3.70. The molecule has 2 aliphatic rings. The molecule has 1 aliphatic heterocycles. The quantitative estimate of drug-likeness (QED) is 0.734. The molecule has 6 nitrogen and oxygen atoms in total. The number of nitrogens with zero attached hydrogens (tertiary/aromatic N) is 2. The number of hydrogen-bond donors (Lipinski definition) is 2. The van der Waals surface area contributed by atoms with E-state index in [1.807, 2.05) is 0 Å². The third-order valence-electron chi connectivity index (χ3n) is 5.22. The van der Waals surface area contributed by atoms with Gasteiger partial charge < -0.3 is 20.2 Å². The molecule has 2 rings (SSSR count). The second-order valence-electron chi connectivity index (χ2n) is 6.98. The lowest BCUT2D eigenvalue weighted by Gasteiger charge is -2.32. The summed E-state index contributed by atoms with van der Waals surface area (Å²) in [5, 5.41) is 12.0. The molecule has 0 aromatic rings. The summed E-state index contributed by atoms with van der Waals surface area (Å²) >= 11 is 0. The minimum Gasteiger partial charge on any atom is -0.481 e. The van der Waals surface area contributed by atoms with Gasteiger partial charge in [0.1, 0.15) is 0 Å². The highest BCUT2D eigenvalue weighted by molar-refractivity contribution is 5.76. The van der Waals surface area contributed by atoms with E-state index in [-0.39, 0.29) is 6.03 Å². The van der Waals surface area contributed by atoms with Crippen molar-refractivity contribution in [3.8, 4) is 0 Å². The Labute approximate surface area is 139 Å². The highest BCUT2D eigenvalue weighted by Crippen LogP contribution is 2.21. The average molecular weight is 325 g/mol. The molecule has 1 saturated carbocycles. The molecule has 2 fully saturated rings. The van der Waals surface area contributed by atoms with Crippen LogP contribution in [0.4, 0.5) is 4.79 Å². The molecule has 1 aliphatic carbocycles. The summed E-state index contributed by atoms with van der Waals surface area (Å²) in [4.78, 5) is 27.2. The lowest BCUT2D eigenvalue weighted by Crippen LogP contribution is -2.47. The Balaban J connectivity index is 1.61. The Hall–Kier alpha value is -1.30. The van der Waals surface area contributed by atoms with Gasteiger partial charge in [0.15, 0.2) is 0 Å². The first-order valence-corrected chi connectivity index (χ1v) is 9.03. The van der Waals surface area contributed by atoms with Crippen LogP contribution < -0.4 is 5.32 Å². The van der Waals surface area contributed by atoms with Gasteiger partial charge >= 0.3 is 12.0 Å². The van der Waals surface area contributed by atoms with E-state index in [1.54, 1.807) is 4.90 Å². The second kappa shape index (κ2) is 9.11. The number of aliphatic carboxylic acids is 1. The largest absolute Gasteiger partial charge is 0.481 e. The predicted molar refractivity (Wildman–Crippen MR) is 89.5 cm³/mol. The molecule has 6 heteroatoms. The molecule has 2 amide bonds. The number of hydrogen-bond acceptors (Lipinski definition) is 3. The van der Waals surface area contributed by atoms with E-state index in [9.17, 15) is 9.59 Å². The molecule has 0 spiro atoms.